The molecule has 3 unspecified atom stereocenters. The van der Waals surface area contributed by atoms with Crippen LogP contribution in [-0.4, -0.2) is 28.1 Å². The lowest BCUT2D eigenvalue weighted by atomic mass is 9.82. The van der Waals surface area contributed by atoms with Crippen molar-refractivity contribution in [3.63, 3.8) is 0 Å². The van der Waals surface area contributed by atoms with Crippen LogP contribution in [0.25, 0.3) is 0 Å². The van der Waals surface area contributed by atoms with E-state index >= 15 is 0 Å². The van der Waals surface area contributed by atoms with Gasteiger partial charge in [-0.05, 0) is 13.8 Å². The first kappa shape index (κ1) is 10.8. The Balaban J connectivity index is 4.35. The summed E-state index contributed by atoms with van der Waals surface area (Å²) < 4.78 is 0. The average molecular weight is 162 g/mol. The van der Waals surface area contributed by atoms with Crippen LogP contribution in [0.1, 0.15) is 20.8 Å². The summed E-state index contributed by atoms with van der Waals surface area (Å²) >= 11 is 0. The first-order valence-electron chi connectivity index (χ1n) is 3.63. The third kappa shape index (κ3) is 2.75. The van der Waals surface area contributed by atoms with Gasteiger partial charge in [-0.2, -0.15) is 0 Å². The molecule has 0 rings (SSSR count). The maximum Gasteiger partial charge on any atom is 0.115 e. The predicted octanol–water partition coefficient (Wildman–Crippen LogP) is -1.00. The maximum atomic E-state index is 9.34. The SMILES string of the molecule is CC(C(C)(N)O)C(C)(N)CO. The Morgan fingerprint density at radius 1 is 1.36 bits per heavy atom. The van der Waals surface area contributed by atoms with Crippen molar-refractivity contribution >= 4 is 0 Å². The van der Waals surface area contributed by atoms with Crippen molar-refractivity contribution in [2.75, 3.05) is 6.61 Å². The van der Waals surface area contributed by atoms with Crippen LogP contribution < -0.4 is 11.5 Å². The van der Waals surface area contributed by atoms with Crippen LogP contribution in [0.2, 0.25) is 0 Å². The summed E-state index contributed by atoms with van der Waals surface area (Å²) in [5, 5.41) is 18.2. The van der Waals surface area contributed by atoms with Crippen molar-refractivity contribution in [2.45, 2.75) is 32.0 Å². The van der Waals surface area contributed by atoms with Gasteiger partial charge in [-0.25, -0.2) is 0 Å². The van der Waals surface area contributed by atoms with Gasteiger partial charge in [0.2, 0.25) is 0 Å². The van der Waals surface area contributed by atoms with E-state index in [0.717, 1.165) is 0 Å². The smallest absolute Gasteiger partial charge is 0.115 e. The van der Waals surface area contributed by atoms with Crippen LogP contribution in [0.3, 0.4) is 0 Å². The number of hydrogen-bond acceptors (Lipinski definition) is 4. The molecule has 0 aromatic carbocycles. The fraction of sp³-hybridized carbons (Fsp3) is 1.00. The van der Waals surface area contributed by atoms with E-state index in [1.165, 1.54) is 6.92 Å². The molecular formula is C7H18N2O2. The lowest BCUT2D eigenvalue weighted by Gasteiger charge is -2.37. The molecular weight excluding hydrogens is 144 g/mol. The van der Waals surface area contributed by atoms with E-state index in [9.17, 15) is 5.11 Å². The van der Waals surface area contributed by atoms with E-state index in [0.29, 0.717) is 0 Å². The van der Waals surface area contributed by atoms with Crippen molar-refractivity contribution in [3.05, 3.63) is 0 Å². The first-order valence-corrected chi connectivity index (χ1v) is 3.63. The van der Waals surface area contributed by atoms with Gasteiger partial charge in [0.05, 0.1) is 6.61 Å². The Labute approximate surface area is 67.2 Å². The van der Waals surface area contributed by atoms with E-state index in [2.05, 4.69) is 0 Å². The summed E-state index contributed by atoms with van der Waals surface area (Å²) in [5.74, 6) is -0.361. The number of rotatable bonds is 3. The van der Waals surface area contributed by atoms with Crippen LogP contribution in [0.4, 0.5) is 0 Å². The number of hydrogen-bond donors (Lipinski definition) is 4. The van der Waals surface area contributed by atoms with Gasteiger partial charge in [-0.1, -0.05) is 6.92 Å². The predicted molar refractivity (Wildman–Crippen MR) is 43.7 cm³/mol. The number of nitrogens with two attached hydrogens (primary N) is 2. The van der Waals surface area contributed by atoms with E-state index in [1.54, 1.807) is 13.8 Å². The van der Waals surface area contributed by atoms with Gasteiger partial charge in [-0.15, -0.1) is 0 Å². The van der Waals surface area contributed by atoms with E-state index in [1.807, 2.05) is 0 Å². The highest BCUT2D eigenvalue weighted by Gasteiger charge is 2.36. The average Bonchev–Trinajstić information content (AvgIpc) is 1.84. The van der Waals surface area contributed by atoms with Crippen LogP contribution in [0.5, 0.6) is 0 Å². The zero-order valence-electron chi connectivity index (χ0n) is 7.33. The normalized spacial score (nSPS) is 25.4. The van der Waals surface area contributed by atoms with Crippen LogP contribution in [-0.2, 0) is 0 Å². The molecule has 0 radical (unpaired) electrons. The maximum absolute atomic E-state index is 9.34. The standard InChI is InChI=1S/C7H18N2O2/c1-5(7(3,9)11)6(2,8)4-10/h5,10-11H,4,8-9H2,1-3H3. The molecule has 0 aliphatic heterocycles. The largest absolute Gasteiger partial charge is 0.394 e. The molecule has 0 aliphatic carbocycles. The second-order valence-corrected chi connectivity index (χ2v) is 3.61. The molecule has 68 valence electrons. The zero-order chi connectivity index (χ0) is 9.28. The monoisotopic (exact) mass is 162 g/mol. The summed E-state index contributed by atoms with van der Waals surface area (Å²) in [7, 11) is 0. The summed E-state index contributed by atoms with van der Waals surface area (Å²) in [5.41, 5.74) is 8.88. The molecule has 11 heavy (non-hydrogen) atoms. The molecule has 0 saturated carbocycles. The minimum absolute atomic E-state index is 0.193. The lowest BCUT2D eigenvalue weighted by molar-refractivity contribution is -0.0305. The molecule has 4 nitrogen and oxygen atoms in total. The Hall–Kier alpha value is -0.160. The summed E-state index contributed by atoms with van der Waals surface area (Å²) in [6.07, 6.45) is 0. The minimum atomic E-state index is -1.34. The van der Waals surface area contributed by atoms with Crippen LogP contribution >= 0.6 is 0 Å². The highest BCUT2D eigenvalue weighted by molar-refractivity contribution is 4.91. The molecule has 0 spiro atoms. The molecule has 4 heteroatoms. The van der Waals surface area contributed by atoms with E-state index in [-0.39, 0.29) is 12.5 Å². The Bertz CT molecular complexity index is 129. The Kier molecular flexibility index (Phi) is 3.02. The molecule has 0 saturated heterocycles. The summed E-state index contributed by atoms with van der Waals surface area (Å²) in [4.78, 5) is 0. The van der Waals surface area contributed by atoms with Gasteiger partial charge in [0.25, 0.3) is 0 Å². The van der Waals surface area contributed by atoms with Crippen molar-refractivity contribution in [3.8, 4) is 0 Å². The van der Waals surface area contributed by atoms with Crippen molar-refractivity contribution < 1.29 is 10.2 Å². The van der Waals surface area contributed by atoms with Gasteiger partial charge < -0.3 is 21.7 Å². The highest BCUT2D eigenvalue weighted by Crippen LogP contribution is 2.21. The minimum Gasteiger partial charge on any atom is -0.394 e. The molecule has 0 amide bonds. The molecule has 0 bridgehead atoms. The quantitative estimate of drug-likeness (QED) is 0.400. The third-order valence-electron chi connectivity index (χ3n) is 2.21. The highest BCUT2D eigenvalue weighted by atomic mass is 16.3. The molecule has 0 aliphatic rings. The van der Waals surface area contributed by atoms with Gasteiger partial charge >= 0.3 is 0 Å². The van der Waals surface area contributed by atoms with Gasteiger partial charge in [0.15, 0.2) is 0 Å². The lowest BCUT2D eigenvalue weighted by Crippen LogP contribution is -2.58. The first-order chi connectivity index (χ1) is 4.72. The fourth-order valence-electron chi connectivity index (χ4n) is 0.804. The van der Waals surface area contributed by atoms with Crippen LogP contribution in [0, 0.1) is 5.92 Å². The van der Waals surface area contributed by atoms with Gasteiger partial charge in [0, 0.05) is 11.5 Å². The summed E-state index contributed by atoms with van der Waals surface area (Å²) in [6, 6.07) is 0. The van der Waals surface area contributed by atoms with Crippen molar-refractivity contribution in [1.29, 1.82) is 0 Å². The van der Waals surface area contributed by atoms with Crippen molar-refractivity contribution in [2.24, 2.45) is 17.4 Å². The number of aliphatic hydroxyl groups excluding tert-OH is 1. The summed E-state index contributed by atoms with van der Waals surface area (Å²) in [6.45, 7) is 4.63. The topological polar surface area (TPSA) is 92.5 Å². The van der Waals surface area contributed by atoms with E-state index < -0.39 is 11.3 Å². The molecule has 0 heterocycles. The zero-order valence-corrected chi connectivity index (χ0v) is 7.33. The Morgan fingerprint density at radius 2 is 1.73 bits per heavy atom. The molecule has 6 N–H and O–H groups in total. The van der Waals surface area contributed by atoms with Gasteiger partial charge in [-0.3, -0.25) is 0 Å². The second-order valence-electron chi connectivity index (χ2n) is 3.61. The fourth-order valence-corrected chi connectivity index (χ4v) is 0.804. The second kappa shape index (κ2) is 3.06. The molecule has 3 atom stereocenters. The van der Waals surface area contributed by atoms with E-state index in [4.69, 9.17) is 16.6 Å². The number of aliphatic hydroxyl groups is 2. The van der Waals surface area contributed by atoms with Gasteiger partial charge in [0.1, 0.15) is 5.72 Å². The van der Waals surface area contributed by atoms with Crippen LogP contribution in [0.15, 0.2) is 0 Å². The molecule has 0 aromatic rings. The van der Waals surface area contributed by atoms with Crippen molar-refractivity contribution in [1.82, 2.24) is 0 Å². The third-order valence-corrected chi connectivity index (χ3v) is 2.21. The Morgan fingerprint density at radius 3 is 1.82 bits per heavy atom. The molecule has 0 aromatic heterocycles. The molecule has 0 fully saturated rings.